The van der Waals surface area contributed by atoms with E-state index in [2.05, 4.69) is 0 Å². The Morgan fingerprint density at radius 3 is 2.65 bits per heavy atom. The van der Waals surface area contributed by atoms with Gasteiger partial charge in [-0.3, -0.25) is 0 Å². The molecule has 1 atom stereocenters. The van der Waals surface area contributed by atoms with Crippen LogP contribution in [0.4, 0.5) is 4.79 Å². The minimum atomic E-state index is 0.174. The first-order valence-corrected chi connectivity index (χ1v) is 6.82. The number of nitrogens with zero attached hydrogens (tertiary/aromatic N) is 2. The molecule has 2 fully saturated rings. The molecule has 1 heterocycles. The molecule has 4 heteroatoms. The molecule has 0 aromatic heterocycles. The van der Waals surface area contributed by atoms with E-state index in [9.17, 15) is 4.79 Å². The highest BCUT2D eigenvalue weighted by Gasteiger charge is 2.28. The molecule has 1 saturated carbocycles. The van der Waals surface area contributed by atoms with Crippen LogP contribution in [0.3, 0.4) is 0 Å². The van der Waals surface area contributed by atoms with E-state index in [4.69, 9.17) is 4.74 Å². The van der Waals surface area contributed by atoms with Crippen LogP contribution in [0.1, 0.15) is 39.0 Å². The van der Waals surface area contributed by atoms with Crippen LogP contribution >= 0.6 is 0 Å². The third-order valence-corrected chi connectivity index (χ3v) is 3.94. The molecule has 4 nitrogen and oxygen atoms in total. The van der Waals surface area contributed by atoms with Gasteiger partial charge in [-0.25, -0.2) is 4.79 Å². The predicted octanol–water partition coefficient (Wildman–Crippen LogP) is 2.09. The Labute approximate surface area is 104 Å². The molecule has 0 radical (unpaired) electrons. The summed E-state index contributed by atoms with van der Waals surface area (Å²) in [5.74, 6) is 0. The van der Waals surface area contributed by atoms with Crippen molar-refractivity contribution in [1.29, 1.82) is 0 Å². The number of carbonyl (C=O) groups is 1. The number of morpholine rings is 1. The van der Waals surface area contributed by atoms with Crippen molar-refractivity contribution in [3.63, 3.8) is 0 Å². The maximum Gasteiger partial charge on any atom is 0.320 e. The first kappa shape index (κ1) is 12.7. The normalized spacial score (nSPS) is 26.9. The second-order valence-electron chi connectivity index (χ2n) is 5.31. The van der Waals surface area contributed by atoms with Crippen LogP contribution in [-0.4, -0.2) is 54.7 Å². The van der Waals surface area contributed by atoms with E-state index in [1.165, 1.54) is 32.1 Å². The Bertz CT molecular complexity index is 264. The standard InChI is InChI=1S/C13H24N2O2/c1-11-10-15(8-9-17-11)13(16)14(2)12-6-4-3-5-7-12/h11-12H,3-10H2,1-2H3. The lowest BCUT2D eigenvalue weighted by Crippen LogP contribution is -2.52. The Morgan fingerprint density at radius 1 is 1.29 bits per heavy atom. The third-order valence-electron chi connectivity index (χ3n) is 3.94. The van der Waals surface area contributed by atoms with Crippen molar-refractivity contribution in [1.82, 2.24) is 9.80 Å². The highest BCUT2D eigenvalue weighted by atomic mass is 16.5. The Kier molecular flexibility index (Phi) is 4.26. The molecule has 0 aromatic carbocycles. The average Bonchev–Trinajstić information content (AvgIpc) is 2.38. The van der Waals surface area contributed by atoms with Gasteiger partial charge in [0.05, 0.1) is 12.7 Å². The maximum absolute atomic E-state index is 12.3. The molecule has 1 aliphatic heterocycles. The Hall–Kier alpha value is -0.770. The Morgan fingerprint density at radius 2 is 2.00 bits per heavy atom. The van der Waals surface area contributed by atoms with Crippen molar-refractivity contribution in [2.24, 2.45) is 0 Å². The fraction of sp³-hybridized carbons (Fsp3) is 0.923. The van der Waals surface area contributed by atoms with Gasteiger partial charge in [0.25, 0.3) is 0 Å². The summed E-state index contributed by atoms with van der Waals surface area (Å²) in [6.45, 7) is 4.17. The minimum absolute atomic E-state index is 0.174. The lowest BCUT2D eigenvalue weighted by atomic mass is 9.95. The topological polar surface area (TPSA) is 32.8 Å². The molecule has 2 amide bonds. The van der Waals surface area contributed by atoms with E-state index in [0.29, 0.717) is 12.6 Å². The molecule has 1 saturated heterocycles. The van der Waals surface area contributed by atoms with E-state index in [1.807, 2.05) is 23.8 Å². The van der Waals surface area contributed by atoms with E-state index in [-0.39, 0.29) is 12.1 Å². The van der Waals surface area contributed by atoms with Crippen molar-refractivity contribution in [2.45, 2.75) is 51.2 Å². The summed E-state index contributed by atoms with van der Waals surface area (Å²) in [4.78, 5) is 16.2. The van der Waals surface area contributed by atoms with Gasteiger partial charge in [-0.15, -0.1) is 0 Å². The molecule has 0 N–H and O–H groups in total. The van der Waals surface area contributed by atoms with Crippen molar-refractivity contribution in [3.8, 4) is 0 Å². The van der Waals surface area contributed by atoms with Gasteiger partial charge < -0.3 is 14.5 Å². The quantitative estimate of drug-likeness (QED) is 0.703. The Balaban J connectivity index is 1.89. The molecular formula is C13H24N2O2. The zero-order valence-electron chi connectivity index (χ0n) is 11.0. The summed E-state index contributed by atoms with van der Waals surface area (Å²) in [7, 11) is 1.96. The van der Waals surface area contributed by atoms with Gasteiger partial charge in [0.1, 0.15) is 0 Å². The van der Waals surface area contributed by atoms with Gasteiger partial charge >= 0.3 is 6.03 Å². The van der Waals surface area contributed by atoms with Crippen LogP contribution < -0.4 is 0 Å². The van der Waals surface area contributed by atoms with Gasteiger partial charge in [-0.1, -0.05) is 19.3 Å². The van der Waals surface area contributed by atoms with Gasteiger partial charge in [0.15, 0.2) is 0 Å². The largest absolute Gasteiger partial charge is 0.375 e. The fourth-order valence-corrected chi connectivity index (χ4v) is 2.84. The van der Waals surface area contributed by atoms with Crippen LogP contribution in [-0.2, 0) is 4.74 Å². The monoisotopic (exact) mass is 240 g/mol. The molecule has 98 valence electrons. The minimum Gasteiger partial charge on any atom is -0.375 e. The second kappa shape index (κ2) is 5.71. The molecule has 1 unspecified atom stereocenters. The molecule has 17 heavy (non-hydrogen) atoms. The van der Waals surface area contributed by atoms with Crippen molar-refractivity contribution in [3.05, 3.63) is 0 Å². The van der Waals surface area contributed by atoms with E-state index in [0.717, 1.165) is 13.1 Å². The lowest BCUT2D eigenvalue weighted by Gasteiger charge is -2.38. The second-order valence-corrected chi connectivity index (χ2v) is 5.31. The van der Waals surface area contributed by atoms with Crippen molar-refractivity contribution >= 4 is 6.03 Å². The van der Waals surface area contributed by atoms with Gasteiger partial charge in [-0.05, 0) is 19.8 Å². The zero-order chi connectivity index (χ0) is 12.3. The summed E-state index contributed by atoms with van der Waals surface area (Å²) in [5, 5.41) is 0. The van der Waals surface area contributed by atoms with Crippen LogP contribution in [0.2, 0.25) is 0 Å². The lowest BCUT2D eigenvalue weighted by molar-refractivity contribution is -0.0104. The molecule has 0 bridgehead atoms. The number of ether oxygens (including phenoxy) is 1. The van der Waals surface area contributed by atoms with Gasteiger partial charge in [-0.2, -0.15) is 0 Å². The van der Waals surface area contributed by atoms with E-state index >= 15 is 0 Å². The number of carbonyl (C=O) groups excluding carboxylic acids is 1. The smallest absolute Gasteiger partial charge is 0.320 e. The molecule has 2 rings (SSSR count). The average molecular weight is 240 g/mol. The van der Waals surface area contributed by atoms with Crippen LogP contribution in [0.15, 0.2) is 0 Å². The molecule has 0 spiro atoms. The summed E-state index contributed by atoms with van der Waals surface area (Å²) in [6.07, 6.45) is 6.37. The van der Waals surface area contributed by atoms with Crippen LogP contribution in [0.25, 0.3) is 0 Å². The first-order chi connectivity index (χ1) is 8.18. The van der Waals surface area contributed by atoms with Crippen LogP contribution in [0, 0.1) is 0 Å². The van der Waals surface area contributed by atoms with E-state index < -0.39 is 0 Å². The summed E-state index contributed by atoms with van der Waals surface area (Å²) in [5.41, 5.74) is 0. The van der Waals surface area contributed by atoms with Gasteiger partial charge in [0, 0.05) is 26.2 Å². The SMILES string of the molecule is CC1CN(C(=O)N(C)C2CCCCC2)CCO1. The number of rotatable bonds is 1. The summed E-state index contributed by atoms with van der Waals surface area (Å²) in [6, 6.07) is 0.640. The number of hydrogen-bond donors (Lipinski definition) is 0. The molecular weight excluding hydrogens is 216 g/mol. The third kappa shape index (κ3) is 3.12. The van der Waals surface area contributed by atoms with E-state index in [1.54, 1.807) is 0 Å². The number of urea groups is 1. The maximum atomic E-state index is 12.3. The van der Waals surface area contributed by atoms with Crippen LogP contribution in [0.5, 0.6) is 0 Å². The molecule has 0 aromatic rings. The highest BCUT2D eigenvalue weighted by Crippen LogP contribution is 2.22. The zero-order valence-corrected chi connectivity index (χ0v) is 11.0. The summed E-state index contributed by atoms with van der Waals surface area (Å²) < 4.78 is 5.47. The van der Waals surface area contributed by atoms with Crippen molar-refractivity contribution < 1.29 is 9.53 Å². The number of hydrogen-bond acceptors (Lipinski definition) is 2. The first-order valence-electron chi connectivity index (χ1n) is 6.82. The fourth-order valence-electron chi connectivity index (χ4n) is 2.84. The summed E-state index contributed by atoms with van der Waals surface area (Å²) >= 11 is 0. The predicted molar refractivity (Wildman–Crippen MR) is 67.0 cm³/mol. The van der Waals surface area contributed by atoms with Gasteiger partial charge in [0.2, 0.25) is 0 Å². The van der Waals surface area contributed by atoms with Crippen molar-refractivity contribution in [2.75, 3.05) is 26.7 Å². The molecule has 1 aliphatic carbocycles. The highest BCUT2D eigenvalue weighted by molar-refractivity contribution is 5.74. The number of amides is 2. The molecule has 2 aliphatic rings.